The standard InChI is InChI=1S/C24H34N6/c1-17-14-18(30-13-7-12-25-30)8-9-20(17)21-10-11-22(27-26-21)29(6)19-15-23(2,3)28-24(4,5)16-19/h8-12,14,19,28H,7,13,15-16H2,1-6H3. The fraction of sp³-hybridized carbons (Fsp3) is 0.542. The highest BCUT2D eigenvalue weighted by Gasteiger charge is 2.39. The maximum atomic E-state index is 4.59. The molecule has 0 atom stereocenters. The van der Waals surface area contributed by atoms with Gasteiger partial charge in [-0.1, -0.05) is 6.07 Å². The maximum absolute atomic E-state index is 4.59. The van der Waals surface area contributed by atoms with Crippen LogP contribution in [0, 0.1) is 6.92 Å². The van der Waals surface area contributed by atoms with Gasteiger partial charge in [0, 0.05) is 48.9 Å². The summed E-state index contributed by atoms with van der Waals surface area (Å²) in [6.45, 7) is 12.2. The predicted molar refractivity (Wildman–Crippen MR) is 125 cm³/mol. The zero-order chi connectivity index (χ0) is 21.5. The van der Waals surface area contributed by atoms with Crippen molar-refractivity contribution in [2.24, 2.45) is 5.10 Å². The average molecular weight is 407 g/mol. The number of benzene rings is 1. The summed E-state index contributed by atoms with van der Waals surface area (Å²) >= 11 is 0. The molecule has 6 nitrogen and oxygen atoms in total. The number of hydrazone groups is 1. The molecule has 0 spiro atoms. The van der Waals surface area contributed by atoms with Crippen LogP contribution in [0.25, 0.3) is 11.3 Å². The monoisotopic (exact) mass is 406 g/mol. The van der Waals surface area contributed by atoms with Crippen molar-refractivity contribution in [3.63, 3.8) is 0 Å². The highest BCUT2D eigenvalue weighted by atomic mass is 15.5. The van der Waals surface area contributed by atoms with E-state index < -0.39 is 0 Å². The number of rotatable bonds is 4. The lowest BCUT2D eigenvalue weighted by Crippen LogP contribution is -2.62. The number of nitrogens with zero attached hydrogens (tertiary/aromatic N) is 5. The molecular weight excluding hydrogens is 372 g/mol. The normalized spacial score (nSPS) is 20.5. The Hall–Kier alpha value is -2.47. The predicted octanol–water partition coefficient (Wildman–Crippen LogP) is 4.39. The second-order valence-corrected chi connectivity index (χ2v) is 10.1. The van der Waals surface area contributed by atoms with Crippen LogP contribution in [0.2, 0.25) is 0 Å². The van der Waals surface area contributed by atoms with Gasteiger partial charge in [-0.15, -0.1) is 10.2 Å². The molecule has 160 valence electrons. The average Bonchev–Trinajstić information content (AvgIpc) is 3.20. The Morgan fingerprint density at radius 2 is 1.77 bits per heavy atom. The molecule has 1 aromatic heterocycles. The molecule has 0 aliphatic carbocycles. The molecule has 1 aromatic carbocycles. The van der Waals surface area contributed by atoms with Crippen molar-refractivity contribution in [3.8, 4) is 11.3 Å². The molecular formula is C24H34N6. The van der Waals surface area contributed by atoms with Crippen molar-refractivity contribution in [1.82, 2.24) is 15.5 Å². The first-order valence-electron chi connectivity index (χ1n) is 10.9. The van der Waals surface area contributed by atoms with Crippen LogP contribution in [0.5, 0.6) is 0 Å². The van der Waals surface area contributed by atoms with E-state index in [9.17, 15) is 0 Å². The van der Waals surface area contributed by atoms with Crippen LogP contribution in [0.1, 0.15) is 52.5 Å². The number of nitrogens with one attached hydrogen (secondary N) is 1. The second kappa shape index (κ2) is 7.65. The summed E-state index contributed by atoms with van der Waals surface area (Å²) in [4.78, 5) is 2.29. The van der Waals surface area contributed by atoms with E-state index in [4.69, 9.17) is 0 Å². The van der Waals surface area contributed by atoms with E-state index in [1.165, 1.54) is 5.56 Å². The number of aryl methyl sites for hydroxylation is 1. The van der Waals surface area contributed by atoms with Crippen LogP contribution in [0.15, 0.2) is 35.4 Å². The van der Waals surface area contributed by atoms with Gasteiger partial charge in [-0.25, -0.2) is 0 Å². The van der Waals surface area contributed by atoms with Gasteiger partial charge >= 0.3 is 0 Å². The van der Waals surface area contributed by atoms with E-state index >= 15 is 0 Å². The number of anilines is 2. The molecule has 0 radical (unpaired) electrons. The number of hydrogen-bond acceptors (Lipinski definition) is 6. The SMILES string of the molecule is Cc1cc(N2CCC=N2)ccc1-c1ccc(N(C)C2CC(C)(C)NC(C)(C)C2)nn1. The first-order chi connectivity index (χ1) is 14.1. The van der Waals surface area contributed by atoms with Gasteiger partial charge < -0.3 is 10.2 Å². The highest BCUT2D eigenvalue weighted by molar-refractivity contribution is 5.70. The summed E-state index contributed by atoms with van der Waals surface area (Å²) in [5.41, 5.74) is 4.55. The van der Waals surface area contributed by atoms with Gasteiger partial charge in [-0.05, 0) is 77.3 Å². The molecule has 6 heteroatoms. The fourth-order valence-corrected chi connectivity index (χ4v) is 5.07. The van der Waals surface area contributed by atoms with Crippen LogP contribution in [-0.2, 0) is 0 Å². The maximum Gasteiger partial charge on any atom is 0.151 e. The molecule has 2 aliphatic rings. The van der Waals surface area contributed by atoms with E-state index in [0.29, 0.717) is 6.04 Å². The van der Waals surface area contributed by atoms with E-state index in [-0.39, 0.29) is 11.1 Å². The minimum atomic E-state index is 0.103. The lowest BCUT2D eigenvalue weighted by molar-refractivity contribution is 0.160. The van der Waals surface area contributed by atoms with Crippen molar-refractivity contribution in [2.75, 3.05) is 23.5 Å². The van der Waals surface area contributed by atoms with Crippen LogP contribution in [-0.4, -0.2) is 47.1 Å². The van der Waals surface area contributed by atoms with Crippen LogP contribution < -0.4 is 15.2 Å². The fourth-order valence-electron chi connectivity index (χ4n) is 5.07. The summed E-state index contributed by atoms with van der Waals surface area (Å²) < 4.78 is 0. The van der Waals surface area contributed by atoms with Crippen molar-refractivity contribution < 1.29 is 0 Å². The number of aromatic nitrogens is 2. The molecule has 1 N–H and O–H groups in total. The Kier molecular flexibility index (Phi) is 5.30. The molecule has 4 rings (SSSR count). The topological polar surface area (TPSA) is 56.6 Å². The Morgan fingerprint density at radius 3 is 2.33 bits per heavy atom. The third kappa shape index (κ3) is 4.33. The van der Waals surface area contributed by atoms with Crippen molar-refractivity contribution >= 4 is 17.7 Å². The quantitative estimate of drug-likeness (QED) is 0.816. The van der Waals surface area contributed by atoms with Crippen LogP contribution in [0.4, 0.5) is 11.5 Å². The van der Waals surface area contributed by atoms with Gasteiger partial charge in [0.25, 0.3) is 0 Å². The summed E-state index contributed by atoms with van der Waals surface area (Å²) in [7, 11) is 2.14. The number of piperidine rings is 1. The van der Waals surface area contributed by atoms with E-state index in [1.54, 1.807) is 0 Å². The summed E-state index contributed by atoms with van der Waals surface area (Å²) in [6, 6.07) is 11.0. The van der Waals surface area contributed by atoms with Gasteiger partial charge in [-0.2, -0.15) is 5.10 Å². The van der Waals surface area contributed by atoms with Crippen molar-refractivity contribution in [3.05, 3.63) is 35.9 Å². The smallest absolute Gasteiger partial charge is 0.151 e. The van der Waals surface area contributed by atoms with Crippen molar-refractivity contribution in [2.45, 2.75) is 71.0 Å². The van der Waals surface area contributed by atoms with Gasteiger partial charge in [0.1, 0.15) is 0 Å². The molecule has 0 bridgehead atoms. The first-order valence-corrected chi connectivity index (χ1v) is 10.9. The summed E-state index contributed by atoms with van der Waals surface area (Å²) in [5.74, 6) is 0.929. The van der Waals surface area contributed by atoms with Crippen LogP contribution in [0.3, 0.4) is 0 Å². The molecule has 1 saturated heterocycles. The third-order valence-corrected chi connectivity index (χ3v) is 6.20. The molecule has 0 saturated carbocycles. The van der Waals surface area contributed by atoms with Crippen LogP contribution >= 0.6 is 0 Å². The molecule has 0 unspecified atom stereocenters. The summed E-state index contributed by atoms with van der Waals surface area (Å²) in [5, 5.41) is 19.4. The molecule has 0 amide bonds. The minimum absolute atomic E-state index is 0.103. The number of hydrogen-bond donors (Lipinski definition) is 1. The Morgan fingerprint density at radius 1 is 1.03 bits per heavy atom. The Balaban J connectivity index is 1.52. The first kappa shape index (κ1) is 20.8. The second-order valence-electron chi connectivity index (χ2n) is 10.1. The van der Waals surface area contributed by atoms with Gasteiger partial charge in [0.05, 0.1) is 11.4 Å². The molecule has 2 aliphatic heterocycles. The molecule has 30 heavy (non-hydrogen) atoms. The van der Waals surface area contributed by atoms with Gasteiger partial charge in [0.15, 0.2) is 5.82 Å². The van der Waals surface area contributed by atoms with Gasteiger partial charge in [0.2, 0.25) is 0 Å². The van der Waals surface area contributed by atoms with E-state index in [1.807, 2.05) is 11.2 Å². The summed E-state index contributed by atoms with van der Waals surface area (Å²) in [6.07, 6.45) is 5.13. The molecule has 3 heterocycles. The minimum Gasteiger partial charge on any atom is -0.355 e. The molecule has 2 aromatic rings. The Labute approximate surface area is 180 Å². The largest absolute Gasteiger partial charge is 0.355 e. The van der Waals surface area contributed by atoms with E-state index in [2.05, 4.69) is 97.5 Å². The lowest BCUT2D eigenvalue weighted by Gasteiger charge is -2.49. The zero-order valence-electron chi connectivity index (χ0n) is 19.1. The zero-order valence-corrected chi connectivity index (χ0v) is 19.1. The van der Waals surface area contributed by atoms with Gasteiger partial charge in [-0.3, -0.25) is 5.01 Å². The third-order valence-electron chi connectivity index (χ3n) is 6.20. The lowest BCUT2D eigenvalue weighted by atomic mass is 9.79. The Bertz CT molecular complexity index is 915. The van der Waals surface area contributed by atoms with Crippen molar-refractivity contribution in [1.29, 1.82) is 0 Å². The molecule has 1 fully saturated rings. The highest BCUT2D eigenvalue weighted by Crippen LogP contribution is 2.33. The van der Waals surface area contributed by atoms with E-state index in [0.717, 1.165) is 48.6 Å².